The van der Waals surface area contributed by atoms with E-state index >= 15 is 0 Å². The van der Waals surface area contributed by atoms with Crippen LogP contribution >= 0.6 is 0 Å². The van der Waals surface area contributed by atoms with Gasteiger partial charge in [-0.25, -0.2) is 4.79 Å². The number of amides is 1. The van der Waals surface area contributed by atoms with Crippen LogP contribution in [0.15, 0.2) is 30.3 Å². The molecule has 1 rings (SSSR count). The van der Waals surface area contributed by atoms with Crippen molar-refractivity contribution in [1.82, 2.24) is 4.90 Å². The number of hydrogen-bond donors (Lipinski definition) is 1. The number of carbonyl (C=O) groups excluding carboxylic acids is 1. The number of carbonyl (C=O) groups is 2. The molecule has 0 aliphatic carbocycles. The van der Waals surface area contributed by atoms with E-state index in [1.165, 1.54) is 25.8 Å². The zero-order chi connectivity index (χ0) is 15.9. The molecule has 0 atom stereocenters. The van der Waals surface area contributed by atoms with E-state index in [-0.39, 0.29) is 12.3 Å². The van der Waals surface area contributed by atoms with Crippen LogP contribution in [0.2, 0.25) is 0 Å². The van der Waals surface area contributed by atoms with Gasteiger partial charge < -0.3 is 14.7 Å². The molecule has 0 bridgehead atoms. The minimum Gasteiger partial charge on any atom is -0.480 e. The van der Waals surface area contributed by atoms with E-state index in [1.54, 1.807) is 0 Å². The number of likely N-dealkylation sites (N-methyl/N-ethyl adjacent to an activating group) is 1. The van der Waals surface area contributed by atoms with E-state index < -0.39 is 11.5 Å². The third-order valence-corrected chi connectivity index (χ3v) is 3.53. The zero-order valence-corrected chi connectivity index (χ0v) is 12.8. The second-order valence-corrected chi connectivity index (χ2v) is 5.46. The van der Waals surface area contributed by atoms with Crippen molar-refractivity contribution in [1.29, 1.82) is 0 Å². The molecule has 0 radical (unpaired) electrons. The van der Waals surface area contributed by atoms with Crippen LogP contribution in [0.4, 0.5) is 0 Å². The van der Waals surface area contributed by atoms with Gasteiger partial charge in [0.1, 0.15) is 5.54 Å². The van der Waals surface area contributed by atoms with Crippen LogP contribution in [0.3, 0.4) is 0 Å². The van der Waals surface area contributed by atoms with Crippen molar-refractivity contribution in [2.75, 3.05) is 13.7 Å². The van der Waals surface area contributed by atoms with Gasteiger partial charge in [-0.1, -0.05) is 30.3 Å². The van der Waals surface area contributed by atoms with Crippen molar-refractivity contribution < 1.29 is 19.4 Å². The Morgan fingerprint density at radius 3 is 2.43 bits per heavy atom. The maximum atomic E-state index is 11.9. The maximum Gasteiger partial charge on any atom is 0.329 e. The molecule has 21 heavy (non-hydrogen) atoms. The first kappa shape index (κ1) is 17.2. The van der Waals surface area contributed by atoms with Gasteiger partial charge in [-0.15, -0.1) is 0 Å². The highest BCUT2D eigenvalue weighted by atomic mass is 16.5. The molecule has 0 saturated carbocycles. The van der Waals surface area contributed by atoms with E-state index in [9.17, 15) is 9.59 Å². The number of aliphatic carboxylic acids is 1. The van der Waals surface area contributed by atoms with Gasteiger partial charge in [0.05, 0.1) is 6.61 Å². The van der Waals surface area contributed by atoms with E-state index in [4.69, 9.17) is 9.84 Å². The molecule has 5 heteroatoms. The normalized spacial score (nSPS) is 11.2. The first-order chi connectivity index (χ1) is 9.85. The van der Waals surface area contributed by atoms with Gasteiger partial charge in [-0.05, 0) is 25.8 Å². The molecule has 0 unspecified atom stereocenters. The number of rotatable bonds is 8. The molecule has 0 fully saturated rings. The van der Waals surface area contributed by atoms with Gasteiger partial charge in [-0.3, -0.25) is 4.79 Å². The van der Waals surface area contributed by atoms with Crippen LogP contribution in [0, 0.1) is 0 Å². The average Bonchev–Trinajstić information content (AvgIpc) is 2.46. The number of carboxylic acid groups (broad SMARTS) is 1. The largest absolute Gasteiger partial charge is 0.480 e. The van der Waals surface area contributed by atoms with Crippen molar-refractivity contribution >= 4 is 11.9 Å². The third-order valence-electron chi connectivity index (χ3n) is 3.53. The van der Waals surface area contributed by atoms with Crippen molar-refractivity contribution in [2.45, 2.75) is 38.8 Å². The third kappa shape index (κ3) is 5.19. The van der Waals surface area contributed by atoms with Gasteiger partial charge >= 0.3 is 5.97 Å². The van der Waals surface area contributed by atoms with Gasteiger partial charge in [0, 0.05) is 20.1 Å². The fraction of sp³-hybridized carbons (Fsp3) is 0.500. The van der Waals surface area contributed by atoms with Gasteiger partial charge in [0.15, 0.2) is 0 Å². The monoisotopic (exact) mass is 293 g/mol. The predicted molar refractivity (Wildman–Crippen MR) is 79.8 cm³/mol. The minimum atomic E-state index is -1.19. The zero-order valence-electron chi connectivity index (χ0n) is 12.8. The summed E-state index contributed by atoms with van der Waals surface area (Å²) >= 11 is 0. The first-order valence-corrected chi connectivity index (χ1v) is 6.97. The Kier molecular flexibility index (Phi) is 6.37. The quantitative estimate of drug-likeness (QED) is 0.747. The lowest BCUT2D eigenvalue weighted by molar-refractivity contribution is -0.155. The average molecular weight is 293 g/mol. The Balaban J connectivity index is 2.26. The van der Waals surface area contributed by atoms with E-state index in [0.717, 1.165) is 5.56 Å². The highest BCUT2D eigenvalue weighted by Crippen LogP contribution is 2.14. The molecule has 1 aromatic rings. The predicted octanol–water partition coefficient (Wildman–Crippen LogP) is 2.30. The molecule has 116 valence electrons. The smallest absolute Gasteiger partial charge is 0.329 e. The molecule has 0 spiro atoms. The molecule has 5 nitrogen and oxygen atoms in total. The molecule has 0 aliphatic rings. The number of nitrogens with zero attached hydrogens (tertiary/aromatic N) is 1. The second kappa shape index (κ2) is 7.78. The summed E-state index contributed by atoms with van der Waals surface area (Å²) in [4.78, 5) is 24.3. The molecule has 0 aliphatic heterocycles. The van der Waals surface area contributed by atoms with Crippen molar-refractivity contribution in [3.05, 3.63) is 35.9 Å². The van der Waals surface area contributed by atoms with Crippen molar-refractivity contribution in [3.8, 4) is 0 Å². The molecular formula is C16H23NO4. The number of hydrogen-bond acceptors (Lipinski definition) is 3. The molecular weight excluding hydrogens is 270 g/mol. The fourth-order valence-electron chi connectivity index (χ4n) is 1.71. The van der Waals surface area contributed by atoms with Crippen LogP contribution in [-0.2, 0) is 20.9 Å². The summed E-state index contributed by atoms with van der Waals surface area (Å²) in [5, 5.41) is 9.08. The first-order valence-electron chi connectivity index (χ1n) is 6.97. The van der Waals surface area contributed by atoms with E-state index in [2.05, 4.69) is 0 Å². The number of carboxylic acids is 1. The lowest BCUT2D eigenvalue weighted by Gasteiger charge is -2.31. The second-order valence-electron chi connectivity index (χ2n) is 5.46. The fourth-order valence-corrected chi connectivity index (χ4v) is 1.71. The minimum absolute atomic E-state index is 0.189. The summed E-state index contributed by atoms with van der Waals surface area (Å²) in [6.07, 6.45) is 0.855. The lowest BCUT2D eigenvalue weighted by Crippen LogP contribution is -2.50. The summed E-state index contributed by atoms with van der Waals surface area (Å²) in [5.74, 6) is -1.20. The van der Waals surface area contributed by atoms with E-state index in [1.807, 2.05) is 30.3 Å². The lowest BCUT2D eigenvalue weighted by atomic mass is 10.0. The Morgan fingerprint density at radius 1 is 1.24 bits per heavy atom. The standard InChI is InChI=1S/C16H23NO4/c1-16(2,15(19)20)17(3)14(18)10-7-11-21-12-13-8-5-4-6-9-13/h4-6,8-9H,7,10-12H2,1-3H3,(H,19,20). The van der Waals surface area contributed by atoms with Crippen molar-refractivity contribution in [3.63, 3.8) is 0 Å². The SMILES string of the molecule is CN(C(=O)CCCOCc1ccccc1)C(C)(C)C(=O)O. The Bertz CT molecular complexity index is 470. The van der Waals surface area contributed by atoms with Gasteiger partial charge in [0.25, 0.3) is 0 Å². The molecule has 1 amide bonds. The summed E-state index contributed by atoms with van der Waals surface area (Å²) in [6.45, 7) is 4.02. The van der Waals surface area contributed by atoms with E-state index in [0.29, 0.717) is 19.6 Å². The topological polar surface area (TPSA) is 66.8 Å². The summed E-state index contributed by atoms with van der Waals surface area (Å²) < 4.78 is 5.50. The van der Waals surface area contributed by atoms with Crippen molar-refractivity contribution in [2.24, 2.45) is 0 Å². The maximum absolute atomic E-state index is 11.9. The van der Waals surface area contributed by atoms with Crippen LogP contribution in [0.1, 0.15) is 32.3 Å². The van der Waals surface area contributed by atoms with Gasteiger partial charge in [0.2, 0.25) is 5.91 Å². The summed E-state index contributed by atoms with van der Waals surface area (Å²) in [6, 6.07) is 9.81. The highest BCUT2D eigenvalue weighted by molar-refractivity contribution is 5.86. The van der Waals surface area contributed by atoms with Gasteiger partial charge in [-0.2, -0.15) is 0 Å². The van der Waals surface area contributed by atoms with Crippen LogP contribution in [0.5, 0.6) is 0 Å². The number of ether oxygens (including phenoxy) is 1. The van der Waals surface area contributed by atoms with Crippen LogP contribution in [-0.4, -0.2) is 41.1 Å². The molecule has 0 aromatic heterocycles. The summed E-state index contributed by atoms with van der Waals surface area (Å²) in [5.41, 5.74) is -0.102. The molecule has 0 heterocycles. The highest BCUT2D eigenvalue weighted by Gasteiger charge is 2.34. The molecule has 1 aromatic carbocycles. The summed E-state index contributed by atoms with van der Waals surface area (Å²) in [7, 11) is 1.52. The molecule has 0 saturated heterocycles. The Labute approximate surface area is 125 Å². The Morgan fingerprint density at radius 2 is 1.86 bits per heavy atom. The number of benzene rings is 1. The van der Waals surface area contributed by atoms with Crippen LogP contribution in [0.25, 0.3) is 0 Å². The van der Waals surface area contributed by atoms with Crippen LogP contribution < -0.4 is 0 Å². The molecule has 1 N–H and O–H groups in total. The Hall–Kier alpha value is -1.88.